The van der Waals surface area contributed by atoms with Gasteiger partial charge in [-0.05, 0) is 0 Å². The van der Waals surface area contributed by atoms with E-state index < -0.39 is 18.2 Å². The van der Waals surface area contributed by atoms with Crippen LogP contribution in [0, 0.1) is 0 Å². The van der Waals surface area contributed by atoms with Gasteiger partial charge in [-0.2, -0.15) is 28.2 Å². The molecule has 0 spiro atoms. The number of hydrogen-bond donors (Lipinski definition) is 0. The molecular weight excluding hydrogens is 568 g/mol. The van der Waals surface area contributed by atoms with E-state index in [-0.39, 0.29) is 32.1 Å². The molecule has 0 aromatic rings. The Hall–Kier alpha value is 0.897. The van der Waals surface area contributed by atoms with Crippen LogP contribution in [-0.4, -0.2) is 39.3 Å². The molecule has 0 amide bonds. The Morgan fingerprint density at radius 1 is 0.667 bits per heavy atom. The van der Waals surface area contributed by atoms with Gasteiger partial charge in [-0.15, -0.1) is 0 Å². The third-order valence-corrected chi connectivity index (χ3v) is 5.15. The number of rotatable bonds is 0. The predicted octanol–water partition coefficient (Wildman–Crippen LogP) is 4.27. The Balaban J connectivity index is -0.000000119. The molecule has 0 aliphatic heterocycles. The Bertz CT molecular complexity index is 191. The average molecular weight is 598 g/mol. The third kappa shape index (κ3) is 53.9. The first-order chi connectivity index (χ1) is 7.54. The molecule has 0 atom stereocenters. The minimum Gasteiger partial charge on any atom is -0.668 e. The molecule has 0 aromatic carbocycles. The van der Waals surface area contributed by atoms with Crippen molar-refractivity contribution in [2.24, 2.45) is 6.99 Å². The van der Waals surface area contributed by atoms with Gasteiger partial charge in [-0.1, -0.05) is 0 Å². The summed E-state index contributed by atoms with van der Waals surface area (Å²) in [5.41, 5.74) is 0.249. The zero-order chi connectivity index (χ0) is 14.5. The van der Waals surface area contributed by atoms with Crippen LogP contribution in [0.5, 0.6) is 0 Å². The molecule has 6 heteroatoms. The summed E-state index contributed by atoms with van der Waals surface area (Å²) in [6.45, 7) is 12.8. The zero-order valence-corrected chi connectivity index (χ0v) is 19.5. The Labute approximate surface area is 137 Å². The third-order valence-electron chi connectivity index (χ3n) is 0.629. The van der Waals surface area contributed by atoms with Gasteiger partial charge in [0.25, 0.3) is 0 Å². The molecule has 112 valence electrons. The minimum atomic E-state index is -0.780. The van der Waals surface area contributed by atoms with E-state index in [0.717, 1.165) is 0 Å². The van der Waals surface area contributed by atoms with Gasteiger partial charge in [0.2, 0.25) is 0 Å². The van der Waals surface area contributed by atoms with Crippen molar-refractivity contribution in [1.29, 1.82) is 0 Å². The fraction of sp³-hybridized carbons (Fsp3) is 1.00. The molecule has 0 N–H and O–H groups in total. The normalized spacial score (nSPS) is 9.67. The molecule has 18 heavy (non-hydrogen) atoms. The number of hydrogen-bond acceptors (Lipinski definition) is 2. The smallest absolute Gasteiger partial charge is 0 e. The van der Waals surface area contributed by atoms with Crippen molar-refractivity contribution in [3.63, 3.8) is 0 Å². The van der Waals surface area contributed by atoms with E-state index in [1.807, 2.05) is 0 Å². The Morgan fingerprint density at radius 3 is 0.944 bits per heavy atom. The van der Waals surface area contributed by atoms with Gasteiger partial charge in [0.15, 0.2) is 0 Å². The SMILES string of the molecule is CC(C)(C)[N]=[W]=[N]C(C)(C)C.C[N-]C.C[N-]C.[W]. The molecule has 0 rings (SSSR count). The summed E-state index contributed by atoms with van der Waals surface area (Å²) in [4.78, 5) is 0. The average Bonchev–Trinajstić information content (AvgIpc) is 2.01. The molecule has 0 heterocycles. The van der Waals surface area contributed by atoms with E-state index in [1.54, 1.807) is 28.2 Å². The summed E-state index contributed by atoms with van der Waals surface area (Å²) in [5, 5.41) is 7.00. The van der Waals surface area contributed by atoms with E-state index in [0.29, 0.717) is 0 Å². The summed E-state index contributed by atoms with van der Waals surface area (Å²) in [5.74, 6) is 0. The van der Waals surface area contributed by atoms with Crippen molar-refractivity contribution in [3.05, 3.63) is 10.6 Å². The first-order valence-corrected chi connectivity index (χ1v) is 8.22. The zero-order valence-electron chi connectivity index (χ0n) is 13.6. The monoisotopic (exact) mass is 598 g/mol. The van der Waals surface area contributed by atoms with Crippen molar-refractivity contribution in [3.8, 4) is 0 Å². The maximum atomic E-state index is 4.54. The van der Waals surface area contributed by atoms with Crippen LogP contribution in [0.4, 0.5) is 0 Å². The van der Waals surface area contributed by atoms with Crippen LogP contribution in [0.15, 0.2) is 6.99 Å². The summed E-state index contributed by atoms with van der Waals surface area (Å²) in [6.07, 6.45) is 0. The van der Waals surface area contributed by atoms with Crippen LogP contribution < -0.4 is 0 Å². The molecule has 0 saturated heterocycles. The molecular formula is C12H30N4W2-2. The number of nitrogens with zero attached hydrogens (tertiary/aromatic N) is 4. The van der Waals surface area contributed by atoms with E-state index in [2.05, 4.69) is 59.2 Å². The first-order valence-electron chi connectivity index (χ1n) is 5.60. The molecule has 0 aliphatic carbocycles. The molecule has 0 aliphatic rings. The predicted molar refractivity (Wildman–Crippen MR) is 74.8 cm³/mol. The van der Waals surface area contributed by atoms with Gasteiger partial charge < -0.3 is 10.6 Å². The minimum absolute atomic E-state index is 0. The van der Waals surface area contributed by atoms with Gasteiger partial charge in [-0.25, -0.2) is 0 Å². The topological polar surface area (TPSA) is 52.9 Å². The van der Waals surface area contributed by atoms with Crippen molar-refractivity contribution in [2.75, 3.05) is 28.2 Å². The van der Waals surface area contributed by atoms with Crippen LogP contribution in [0.1, 0.15) is 41.5 Å². The fourth-order valence-corrected chi connectivity index (χ4v) is 2.17. The van der Waals surface area contributed by atoms with E-state index in [4.69, 9.17) is 0 Å². The second kappa shape index (κ2) is 16.0. The van der Waals surface area contributed by atoms with Gasteiger partial charge in [0.1, 0.15) is 0 Å². The van der Waals surface area contributed by atoms with E-state index in [1.165, 1.54) is 0 Å². The molecule has 4 nitrogen and oxygen atoms in total. The standard InChI is InChI=1S/2C4H9N.2C2H6N.2W/c2*1-4(2,3)5;2*1-3-2;;/h2*1-3H3;2*1-2H3;;/q;;2*-1;;. The van der Waals surface area contributed by atoms with E-state index >= 15 is 0 Å². The quantitative estimate of drug-likeness (QED) is 0.401. The Kier molecular flexibility index (Phi) is 24.2. The maximum Gasteiger partial charge on any atom is 0 e. The summed E-state index contributed by atoms with van der Waals surface area (Å²) < 4.78 is 9.08. The molecule has 0 fully saturated rings. The fourth-order valence-electron chi connectivity index (χ4n) is 0.265. The van der Waals surface area contributed by atoms with Crippen LogP contribution in [-0.2, 0) is 39.3 Å². The molecule has 0 radical (unpaired) electrons. The summed E-state index contributed by atoms with van der Waals surface area (Å²) in [6, 6.07) is 0. The largest absolute Gasteiger partial charge is 0.668 e. The first kappa shape index (κ1) is 27.3. The maximum absolute atomic E-state index is 4.54. The van der Waals surface area contributed by atoms with Crippen LogP contribution >= 0.6 is 0 Å². The second-order valence-electron chi connectivity index (χ2n) is 5.50. The Morgan fingerprint density at radius 2 is 0.833 bits per heavy atom. The van der Waals surface area contributed by atoms with Crippen molar-refractivity contribution in [1.82, 2.24) is 0 Å². The van der Waals surface area contributed by atoms with Gasteiger partial charge in [0, 0.05) is 21.1 Å². The van der Waals surface area contributed by atoms with Crippen molar-refractivity contribution < 1.29 is 39.3 Å². The van der Waals surface area contributed by atoms with Crippen LogP contribution in [0.3, 0.4) is 0 Å². The van der Waals surface area contributed by atoms with Gasteiger partial charge in [0.05, 0.1) is 0 Å². The second-order valence-corrected chi connectivity index (χ2v) is 7.40. The summed E-state index contributed by atoms with van der Waals surface area (Å²) >= 11 is -0.780. The van der Waals surface area contributed by atoms with Gasteiger partial charge >= 0.3 is 77.8 Å². The van der Waals surface area contributed by atoms with Crippen molar-refractivity contribution in [2.45, 2.75) is 52.6 Å². The molecule has 0 aromatic heterocycles. The van der Waals surface area contributed by atoms with Gasteiger partial charge in [-0.3, -0.25) is 0 Å². The van der Waals surface area contributed by atoms with Crippen molar-refractivity contribution >= 4 is 0 Å². The molecule has 0 bridgehead atoms. The molecule has 0 unspecified atom stereocenters. The summed E-state index contributed by atoms with van der Waals surface area (Å²) in [7, 11) is 7.00. The molecule has 0 saturated carbocycles. The van der Waals surface area contributed by atoms with Crippen LogP contribution in [0.25, 0.3) is 10.6 Å². The van der Waals surface area contributed by atoms with E-state index in [9.17, 15) is 0 Å². The van der Waals surface area contributed by atoms with Crippen LogP contribution in [0.2, 0.25) is 0 Å².